The number of guanidine groups is 1. The zero-order valence-electron chi connectivity index (χ0n) is 13.3. The Morgan fingerprint density at radius 2 is 2.18 bits per heavy atom. The third-order valence-corrected chi connectivity index (χ3v) is 3.40. The number of nitrogens with zero attached hydrogens (tertiary/aromatic N) is 1. The Bertz CT molecular complexity index is 443. The average Bonchev–Trinajstić information content (AvgIpc) is 2.93. The molecule has 1 aliphatic rings. The van der Waals surface area contributed by atoms with Crippen molar-refractivity contribution in [2.24, 2.45) is 4.99 Å². The minimum absolute atomic E-state index is 0. The summed E-state index contributed by atoms with van der Waals surface area (Å²) in [4.78, 5) is 4.21. The molecule has 1 heterocycles. The van der Waals surface area contributed by atoms with Crippen molar-refractivity contribution >= 4 is 29.9 Å². The van der Waals surface area contributed by atoms with Gasteiger partial charge in [-0.15, -0.1) is 24.0 Å². The quantitative estimate of drug-likeness (QED) is 0.308. The van der Waals surface area contributed by atoms with Gasteiger partial charge in [-0.3, -0.25) is 4.99 Å². The van der Waals surface area contributed by atoms with Crippen LogP contribution in [0.1, 0.15) is 18.9 Å². The highest BCUT2D eigenvalue weighted by Crippen LogP contribution is 2.27. The van der Waals surface area contributed by atoms with E-state index in [0.29, 0.717) is 0 Å². The maximum Gasteiger partial charge on any atom is 0.191 e. The summed E-state index contributed by atoms with van der Waals surface area (Å²) in [5, 5.41) is 6.59. The first-order valence-corrected chi connectivity index (χ1v) is 7.60. The van der Waals surface area contributed by atoms with Gasteiger partial charge in [-0.05, 0) is 25.0 Å². The molecule has 2 rings (SSSR count). The van der Waals surface area contributed by atoms with Crippen molar-refractivity contribution in [2.45, 2.75) is 25.9 Å². The van der Waals surface area contributed by atoms with E-state index in [4.69, 9.17) is 9.47 Å². The molecule has 0 saturated heterocycles. The second-order valence-electron chi connectivity index (χ2n) is 4.98. The Hall–Kier alpha value is -1.02. The molecule has 1 unspecified atom stereocenters. The lowest BCUT2D eigenvalue weighted by Crippen LogP contribution is -2.42. The Morgan fingerprint density at radius 1 is 1.36 bits per heavy atom. The van der Waals surface area contributed by atoms with Gasteiger partial charge in [-0.2, -0.15) is 0 Å². The lowest BCUT2D eigenvalue weighted by Gasteiger charge is -2.15. The SMILES string of the molecule is CCOCCCNC(=NC)NCC1Cc2ccccc2O1.I. The highest BCUT2D eigenvalue weighted by atomic mass is 127. The largest absolute Gasteiger partial charge is 0.488 e. The number of hydrogen-bond donors (Lipinski definition) is 2. The molecule has 6 heteroatoms. The number of halogens is 1. The Kier molecular flexibility index (Phi) is 9.22. The summed E-state index contributed by atoms with van der Waals surface area (Å²) >= 11 is 0. The number of nitrogens with one attached hydrogen (secondary N) is 2. The first-order valence-electron chi connectivity index (χ1n) is 7.60. The number of ether oxygens (including phenoxy) is 2. The first-order chi connectivity index (χ1) is 10.3. The summed E-state index contributed by atoms with van der Waals surface area (Å²) in [5.41, 5.74) is 1.28. The van der Waals surface area contributed by atoms with Crippen molar-refractivity contribution < 1.29 is 9.47 Å². The van der Waals surface area contributed by atoms with Crippen LogP contribution in [0.25, 0.3) is 0 Å². The van der Waals surface area contributed by atoms with Gasteiger partial charge >= 0.3 is 0 Å². The van der Waals surface area contributed by atoms with Crippen molar-refractivity contribution in [3.05, 3.63) is 29.8 Å². The lowest BCUT2D eigenvalue weighted by atomic mass is 10.1. The number of fused-ring (bicyclic) bond motifs is 1. The van der Waals surface area contributed by atoms with Crippen molar-refractivity contribution in [2.75, 3.05) is 33.4 Å². The number of rotatable bonds is 7. The summed E-state index contributed by atoms with van der Waals surface area (Å²) in [6, 6.07) is 8.20. The maximum atomic E-state index is 5.89. The Balaban J connectivity index is 0.00000242. The predicted molar refractivity (Wildman–Crippen MR) is 100 cm³/mol. The Morgan fingerprint density at radius 3 is 2.91 bits per heavy atom. The summed E-state index contributed by atoms with van der Waals surface area (Å²) < 4.78 is 11.2. The molecule has 1 aromatic carbocycles. The van der Waals surface area contributed by atoms with Gasteiger partial charge in [0, 0.05) is 33.2 Å². The van der Waals surface area contributed by atoms with Crippen LogP contribution in [0, 0.1) is 0 Å². The molecule has 124 valence electrons. The van der Waals surface area contributed by atoms with Crippen LogP contribution in [0.3, 0.4) is 0 Å². The summed E-state index contributed by atoms with van der Waals surface area (Å²) in [5.74, 6) is 1.81. The zero-order valence-corrected chi connectivity index (χ0v) is 15.6. The van der Waals surface area contributed by atoms with Crippen LogP contribution < -0.4 is 15.4 Å². The van der Waals surface area contributed by atoms with Gasteiger partial charge in [0.2, 0.25) is 0 Å². The minimum atomic E-state index is 0. The van der Waals surface area contributed by atoms with Crippen LogP contribution in [0.5, 0.6) is 5.75 Å². The van der Waals surface area contributed by atoms with Crippen LogP contribution in [0.2, 0.25) is 0 Å². The smallest absolute Gasteiger partial charge is 0.191 e. The van der Waals surface area contributed by atoms with Crippen LogP contribution in [-0.4, -0.2) is 45.4 Å². The van der Waals surface area contributed by atoms with Crippen molar-refractivity contribution in [1.29, 1.82) is 0 Å². The van der Waals surface area contributed by atoms with Crippen molar-refractivity contribution in [3.8, 4) is 5.75 Å². The Labute approximate surface area is 149 Å². The van der Waals surface area contributed by atoms with Crippen LogP contribution >= 0.6 is 24.0 Å². The van der Waals surface area contributed by atoms with E-state index in [1.54, 1.807) is 7.05 Å². The molecule has 22 heavy (non-hydrogen) atoms. The summed E-state index contributed by atoms with van der Waals surface area (Å²) in [6.45, 7) is 5.16. The highest BCUT2D eigenvalue weighted by Gasteiger charge is 2.22. The standard InChI is InChI=1S/C16H25N3O2.HI/c1-3-20-10-6-9-18-16(17-2)19-12-14-11-13-7-4-5-8-15(13)21-14;/h4-5,7-8,14H,3,6,9-12H2,1-2H3,(H2,17,18,19);1H. The van der Waals surface area contributed by atoms with Gasteiger partial charge in [-0.25, -0.2) is 0 Å². The van der Waals surface area contributed by atoms with Crippen molar-refractivity contribution in [1.82, 2.24) is 10.6 Å². The van der Waals surface area contributed by atoms with Crippen LogP contribution in [0.15, 0.2) is 29.3 Å². The molecule has 1 aliphatic heterocycles. The summed E-state index contributed by atoms with van der Waals surface area (Å²) in [6.07, 6.45) is 2.09. The van der Waals surface area contributed by atoms with E-state index in [2.05, 4.69) is 27.8 Å². The second-order valence-corrected chi connectivity index (χ2v) is 4.98. The summed E-state index contributed by atoms with van der Waals surface area (Å²) in [7, 11) is 1.78. The molecular weight excluding hydrogens is 393 g/mol. The average molecular weight is 419 g/mol. The molecule has 0 saturated carbocycles. The first kappa shape index (κ1) is 19.0. The third-order valence-electron chi connectivity index (χ3n) is 3.40. The number of hydrogen-bond acceptors (Lipinski definition) is 3. The fraction of sp³-hybridized carbons (Fsp3) is 0.562. The molecular formula is C16H26IN3O2. The van der Waals surface area contributed by atoms with Gasteiger partial charge in [0.15, 0.2) is 5.96 Å². The molecule has 0 spiro atoms. The topological polar surface area (TPSA) is 54.9 Å². The molecule has 0 bridgehead atoms. The van der Waals surface area contributed by atoms with E-state index in [1.807, 2.05) is 19.1 Å². The molecule has 0 aromatic heterocycles. The fourth-order valence-electron chi connectivity index (χ4n) is 2.32. The van der Waals surface area contributed by atoms with E-state index in [0.717, 1.165) is 50.9 Å². The molecule has 0 radical (unpaired) electrons. The van der Waals surface area contributed by atoms with Gasteiger partial charge in [0.1, 0.15) is 11.9 Å². The molecule has 0 aliphatic carbocycles. The predicted octanol–water partition coefficient (Wildman–Crippen LogP) is 2.20. The fourth-order valence-corrected chi connectivity index (χ4v) is 2.32. The highest BCUT2D eigenvalue weighted by molar-refractivity contribution is 14.0. The van der Waals surface area contributed by atoms with Crippen molar-refractivity contribution in [3.63, 3.8) is 0 Å². The van der Waals surface area contributed by atoms with E-state index in [9.17, 15) is 0 Å². The van der Waals surface area contributed by atoms with Crippen LogP contribution in [-0.2, 0) is 11.2 Å². The zero-order chi connectivity index (χ0) is 14.9. The molecule has 0 amide bonds. The van der Waals surface area contributed by atoms with E-state index in [-0.39, 0.29) is 30.1 Å². The lowest BCUT2D eigenvalue weighted by molar-refractivity contribution is 0.145. The number of aliphatic imine (C=N–C) groups is 1. The van der Waals surface area contributed by atoms with E-state index in [1.165, 1.54) is 5.56 Å². The monoisotopic (exact) mass is 419 g/mol. The minimum Gasteiger partial charge on any atom is -0.488 e. The number of benzene rings is 1. The van der Waals surface area contributed by atoms with Gasteiger partial charge in [-0.1, -0.05) is 18.2 Å². The van der Waals surface area contributed by atoms with Crippen LogP contribution in [0.4, 0.5) is 0 Å². The molecule has 5 nitrogen and oxygen atoms in total. The number of para-hydroxylation sites is 1. The van der Waals surface area contributed by atoms with Gasteiger partial charge < -0.3 is 20.1 Å². The van der Waals surface area contributed by atoms with E-state index < -0.39 is 0 Å². The normalized spacial score (nSPS) is 16.5. The maximum absolute atomic E-state index is 5.89. The van der Waals surface area contributed by atoms with Gasteiger partial charge in [0.25, 0.3) is 0 Å². The third kappa shape index (κ3) is 6.00. The van der Waals surface area contributed by atoms with Gasteiger partial charge in [0.05, 0.1) is 6.54 Å². The molecule has 2 N–H and O–H groups in total. The second kappa shape index (κ2) is 10.7. The molecule has 1 aromatic rings. The molecule has 1 atom stereocenters. The molecule has 0 fully saturated rings. The van der Waals surface area contributed by atoms with E-state index >= 15 is 0 Å².